The molecule has 1 saturated heterocycles. The second-order valence-corrected chi connectivity index (χ2v) is 8.60. The molecule has 0 aromatic heterocycles. The average molecular weight is 504 g/mol. The van der Waals surface area contributed by atoms with Gasteiger partial charge in [-0.2, -0.15) is 0 Å². The molecule has 164 valence electrons. The highest BCUT2D eigenvalue weighted by atomic mass is 79.9. The summed E-state index contributed by atoms with van der Waals surface area (Å²) in [5.74, 6) is 0.378. The van der Waals surface area contributed by atoms with Crippen LogP contribution in [0.25, 0.3) is 0 Å². The zero-order valence-corrected chi connectivity index (χ0v) is 19.9. The van der Waals surface area contributed by atoms with Crippen molar-refractivity contribution in [1.82, 2.24) is 10.2 Å². The number of thiocarbonyl (C=S) groups is 1. The molecule has 8 heteroatoms. The maximum absolute atomic E-state index is 12.7. The van der Waals surface area contributed by atoms with Gasteiger partial charge in [-0.3, -0.25) is 14.9 Å². The summed E-state index contributed by atoms with van der Waals surface area (Å²) in [6.45, 7) is 4.23. The van der Waals surface area contributed by atoms with E-state index in [0.29, 0.717) is 33.6 Å². The number of piperidine rings is 1. The number of hydrogen-bond donors (Lipinski definition) is 2. The molecule has 2 amide bonds. The minimum absolute atomic E-state index is 0.0218. The third-order valence-electron chi connectivity index (χ3n) is 4.89. The second kappa shape index (κ2) is 11.2. The third kappa shape index (κ3) is 6.51. The molecule has 2 aromatic carbocycles. The number of nitrogens with zero attached hydrogens (tertiary/aromatic N) is 1. The van der Waals surface area contributed by atoms with Gasteiger partial charge in [0.05, 0.1) is 11.1 Å². The summed E-state index contributed by atoms with van der Waals surface area (Å²) in [6.07, 6.45) is 4.16. The molecule has 0 unspecified atom stereocenters. The Balaban J connectivity index is 1.59. The Morgan fingerprint density at radius 2 is 1.87 bits per heavy atom. The molecule has 3 rings (SSSR count). The van der Waals surface area contributed by atoms with E-state index in [2.05, 4.69) is 26.6 Å². The molecule has 0 spiro atoms. The fourth-order valence-electron chi connectivity index (χ4n) is 3.32. The standard InChI is InChI=1S/C23H26BrN3O3S/c1-2-13-30-20-10-9-16(15-19(20)24)21(28)26-23(31)25-18-8-6-7-17(14-18)22(29)27-11-4-3-5-12-27/h6-10,14-15H,2-5,11-13H2,1H3,(H2,25,26,28,31). The van der Waals surface area contributed by atoms with E-state index in [1.54, 1.807) is 36.4 Å². The van der Waals surface area contributed by atoms with E-state index in [9.17, 15) is 9.59 Å². The highest BCUT2D eigenvalue weighted by Gasteiger charge is 2.18. The molecule has 1 aliphatic heterocycles. The number of hydrogen-bond acceptors (Lipinski definition) is 4. The molecule has 2 N–H and O–H groups in total. The van der Waals surface area contributed by atoms with Gasteiger partial charge in [-0.1, -0.05) is 13.0 Å². The van der Waals surface area contributed by atoms with Crippen molar-refractivity contribution < 1.29 is 14.3 Å². The first-order valence-corrected chi connectivity index (χ1v) is 11.6. The Labute approximate surface area is 196 Å². The maximum atomic E-state index is 12.7. The van der Waals surface area contributed by atoms with Gasteiger partial charge in [-0.15, -0.1) is 0 Å². The van der Waals surface area contributed by atoms with Crippen molar-refractivity contribution in [2.45, 2.75) is 32.6 Å². The molecule has 0 radical (unpaired) electrons. The summed E-state index contributed by atoms with van der Waals surface area (Å²) in [5.41, 5.74) is 1.71. The van der Waals surface area contributed by atoms with E-state index in [1.165, 1.54) is 6.42 Å². The lowest BCUT2D eigenvalue weighted by molar-refractivity contribution is 0.0724. The number of benzene rings is 2. The molecule has 2 aromatic rings. The van der Waals surface area contributed by atoms with Crippen LogP contribution in [0.3, 0.4) is 0 Å². The highest BCUT2D eigenvalue weighted by Crippen LogP contribution is 2.26. The van der Waals surface area contributed by atoms with Crippen LogP contribution in [0.5, 0.6) is 5.75 Å². The van der Waals surface area contributed by atoms with Gasteiger partial charge in [0, 0.05) is 29.9 Å². The average Bonchev–Trinajstić information content (AvgIpc) is 2.78. The highest BCUT2D eigenvalue weighted by molar-refractivity contribution is 9.10. The number of ether oxygens (including phenoxy) is 1. The number of rotatable bonds is 6. The smallest absolute Gasteiger partial charge is 0.257 e. The number of amides is 2. The van der Waals surface area contributed by atoms with Crippen LogP contribution in [0.15, 0.2) is 46.9 Å². The van der Waals surface area contributed by atoms with Crippen LogP contribution in [-0.4, -0.2) is 41.5 Å². The lowest BCUT2D eigenvalue weighted by atomic mass is 10.1. The van der Waals surface area contributed by atoms with Gasteiger partial charge >= 0.3 is 0 Å². The van der Waals surface area contributed by atoms with Crippen LogP contribution < -0.4 is 15.4 Å². The second-order valence-electron chi connectivity index (χ2n) is 7.34. The fourth-order valence-corrected chi connectivity index (χ4v) is 4.02. The summed E-state index contributed by atoms with van der Waals surface area (Å²) in [6, 6.07) is 12.3. The van der Waals surface area contributed by atoms with E-state index >= 15 is 0 Å². The quantitative estimate of drug-likeness (QED) is 0.543. The van der Waals surface area contributed by atoms with E-state index in [4.69, 9.17) is 17.0 Å². The SMILES string of the molecule is CCCOc1ccc(C(=O)NC(=S)Nc2cccc(C(=O)N3CCCCC3)c2)cc1Br. The number of nitrogens with one attached hydrogen (secondary N) is 2. The van der Waals surface area contributed by atoms with Crippen molar-refractivity contribution in [2.24, 2.45) is 0 Å². The Morgan fingerprint density at radius 3 is 2.58 bits per heavy atom. The van der Waals surface area contributed by atoms with Crippen LogP contribution in [0, 0.1) is 0 Å². The first-order chi connectivity index (χ1) is 15.0. The fraction of sp³-hybridized carbons (Fsp3) is 0.348. The first kappa shape index (κ1) is 23.2. The number of anilines is 1. The van der Waals surface area contributed by atoms with Crippen molar-refractivity contribution in [3.8, 4) is 5.75 Å². The molecule has 31 heavy (non-hydrogen) atoms. The van der Waals surface area contributed by atoms with Crippen molar-refractivity contribution in [3.05, 3.63) is 58.1 Å². The van der Waals surface area contributed by atoms with Gasteiger partial charge in [0.25, 0.3) is 11.8 Å². The van der Waals surface area contributed by atoms with E-state index in [1.807, 2.05) is 17.9 Å². The number of likely N-dealkylation sites (tertiary alicyclic amines) is 1. The molecule has 1 aliphatic rings. The third-order valence-corrected chi connectivity index (χ3v) is 5.72. The van der Waals surface area contributed by atoms with Gasteiger partial charge in [0.2, 0.25) is 0 Å². The molecule has 1 heterocycles. The number of carbonyl (C=O) groups excluding carboxylic acids is 2. The molecule has 0 saturated carbocycles. The minimum atomic E-state index is -0.333. The summed E-state index contributed by atoms with van der Waals surface area (Å²) >= 11 is 8.72. The summed E-state index contributed by atoms with van der Waals surface area (Å²) in [5, 5.41) is 5.82. The van der Waals surface area contributed by atoms with Gasteiger partial charge < -0.3 is 15.0 Å². The van der Waals surface area contributed by atoms with Crippen molar-refractivity contribution in [1.29, 1.82) is 0 Å². The zero-order valence-electron chi connectivity index (χ0n) is 17.4. The van der Waals surface area contributed by atoms with Crippen molar-refractivity contribution in [3.63, 3.8) is 0 Å². The molecule has 6 nitrogen and oxygen atoms in total. The van der Waals surface area contributed by atoms with E-state index in [-0.39, 0.29) is 16.9 Å². The largest absolute Gasteiger partial charge is 0.492 e. The predicted molar refractivity (Wildman–Crippen MR) is 130 cm³/mol. The lowest BCUT2D eigenvalue weighted by Gasteiger charge is -2.26. The molecule has 0 aliphatic carbocycles. The summed E-state index contributed by atoms with van der Waals surface area (Å²) in [4.78, 5) is 27.1. The van der Waals surface area contributed by atoms with Gasteiger partial charge in [0.1, 0.15) is 5.75 Å². The normalized spacial score (nSPS) is 13.4. The van der Waals surface area contributed by atoms with Crippen LogP contribution in [-0.2, 0) is 0 Å². The molecule has 1 fully saturated rings. The zero-order chi connectivity index (χ0) is 22.2. The Hall–Kier alpha value is -2.45. The van der Waals surface area contributed by atoms with Crippen LogP contribution in [0.2, 0.25) is 0 Å². The first-order valence-electron chi connectivity index (χ1n) is 10.4. The number of halogens is 1. The molecular weight excluding hydrogens is 478 g/mol. The summed E-state index contributed by atoms with van der Waals surface area (Å²) in [7, 11) is 0. The van der Waals surface area contributed by atoms with Gasteiger partial charge in [0.15, 0.2) is 5.11 Å². The Bertz CT molecular complexity index is 961. The lowest BCUT2D eigenvalue weighted by Crippen LogP contribution is -2.36. The monoisotopic (exact) mass is 503 g/mol. The van der Waals surface area contributed by atoms with Gasteiger partial charge in [-0.05, 0) is 90.2 Å². The van der Waals surface area contributed by atoms with E-state index in [0.717, 1.165) is 32.4 Å². The van der Waals surface area contributed by atoms with Crippen LogP contribution in [0.1, 0.15) is 53.3 Å². The maximum Gasteiger partial charge on any atom is 0.257 e. The van der Waals surface area contributed by atoms with Crippen molar-refractivity contribution >= 4 is 50.8 Å². The van der Waals surface area contributed by atoms with Crippen LogP contribution in [0.4, 0.5) is 5.69 Å². The Morgan fingerprint density at radius 1 is 1.10 bits per heavy atom. The van der Waals surface area contributed by atoms with Gasteiger partial charge in [-0.25, -0.2) is 0 Å². The minimum Gasteiger partial charge on any atom is -0.492 e. The molecular formula is C23H26BrN3O3S. The topological polar surface area (TPSA) is 70.7 Å². The van der Waals surface area contributed by atoms with Crippen LogP contribution >= 0.6 is 28.1 Å². The molecule has 0 bridgehead atoms. The Kier molecular flexibility index (Phi) is 8.43. The summed E-state index contributed by atoms with van der Waals surface area (Å²) < 4.78 is 6.31. The molecule has 0 atom stereocenters. The predicted octanol–water partition coefficient (Wildman–Crippen LogP) is 4.99. The van der Waals surface area contributed by atoms with E-state index < -0.39 is 0 Å². The number of carbonyl (C=O) groups is 2. The van der Waals surface area contributed by atoms with Crippen molar-refractivity contribution in [2.75, 3.05) is 25.0 Å².